The normalized spacial score (nSPS) is 51.7. The molecule has 0 radical (unpaired) electrons. The van der Waals surface area contributed by atoms with Crippen LogP contribution in [0.3, 0.4) is 0 Å². The first-order valence-corrected chi connectivity index (χ1v) is 7.72. The Morgan fingerprint density at radius 2 is 1.39 bits per heavy atom. The zero-order chi connectivity index (χ0) is 17.3. The van der Waals surface area contributed by atoms with Crippen LogP contribution in [0.2, 0.25) is 0 Å². The minimum atomic E-state index is -1.41. The summed E-state index contributed by atoms with van der Waals surface area (Å²) in [6.45, 7) is 2.32. The fourth-order valence-corrected chi connectivity index (χ4v) is 2.99. The molecule has 0 saturated carbocycles. The Morgan fingerprint density at radius 1 is 0.783 bits per heavy atom. The van der Waals surface area contributed by atoms with E-state index in [1.54, 1.807) is 13.8 Å². The Morgan fingerprint density at radius 3 is 1.96 bits per heavy atom. The lowest BCUT2D eigenvalue weighted by Gasteiger charge is -2.46. The van der Waals surface area contributed by atoms with Crippen LogP contribution >= 0.6 is 0 Å². The van der Waals surface area contributed by atoms with Crippen LogP contribution in [0.4, 0.5) is 0 Å². The average molecular weight is 338 g/mol. The van der Waals surface area contributed by atoms with E-state index in [0.717, 1.165) is 0 Å². The van der Waals surface area contributed by atoms with Crippen molar-refractivity contribution in [2.24, 2.45) is 5.92 Å². The van der Waals surface area contributed by atoms with Gasteiger partial charge in [0.2, 0.25) is 0 Å². The van der Waals surface area contributed by atoms with Gasteiger partial charge in [-0.2, -0.15) is 0 Å². The Labute approximate surface area is 134 Å². The summed E-state index contributed by atoms with van der Waals surface area (Å²) in [6.07, 6.45) is -10.1. The van der Waals surface area contributed by atoms with Crippen LogP contribution in [0, 0.1) is 5.92 Å². The van der Waals surface area contributed by atoms with E-state index in [1.807, 2.05) is 0 Å². The van der Waals surface area contributed by atoms with E-state index < -0.39 is 67.6 Å². The van der Waals surface area contributed by atoms with Gasteiger partial charge in [0, 0.05) is 5.92 Å². The molecule has 2 fully saturated rings. The molecule has 0 amide bonds. The van der Waals surface area contributed by atoms with Gasteiger partial charge in [-0.25, -0.2) is 0 Å². The molecule has 2 rings (SSSR count). The van der Waals surface area contributed by atoms with Crippen molar-refractivity contribution in [1.82, 2.24) is 0 Å². The fourth-order valence-electron chi connectivity index (χ4n) is 2.99. The molecular formula is C14H26O9. The molecule has 6 N–H and O–H groups in total. The summed E-state index contributed by atoms with van der Waals surface area (Å²) >= 11 is 0. The van der Waals surface area contributed by atoms with Gasteiger partial charge in [-0.3, -0.25) is 0 Å². The molecule has 2 heterocycles. The summed E-state index contributed by atoms with van der Waals surface area (Å²) in [4.78, 5) is 0. The fraction of sp³-hybridized carbons (Fsp3) is 1.00. The molecular weight excluding hydrogens is 312 g/mol. The molecule has 0 spiro atoms. The Hall–Kier alpha value is -0.360. The summed E-state index contributed by atoms with van der Waals surface area (Å²) in [6, 6.07) is 0. The lowest BCUT2D eigenvalue weighted by molar-refractivity contribution is -0.334. The van der Waals surface area contributed by atoms with E-state index in [2.05, 4.69) is 0 Å². The predicted octanol–water partition coefficient (Wildman–Crippen LogP) is -3.05. The van der Waals surface area contributed by atoms with Crippen LogP contribution in [0.1, 0.15) is 13.8 Å². The first-order valence-electron chi connectivity index (χ1n) is 7.72. The molecule has 0 bridgehead atoms. The highest BCUT2D eigenvalue weighted by Gasteiger charge is 2.48. The monoisotopic (exact) mass is 338 g/mol. The van der Waals surface area contributed by atoms with Gasteiger partial charge in [-0.1, -0.05) is 6.92 Å². The van der Waals surface area contributed by atoms with Gasteiger partial charge >= 0.3 is 0 Å². The van der Waals surface area contributed by atoms with Crippen LogP contribution in [0.15, 0.2) is 0 Å². The van der Waals surface area contributed by atoms with Crippen LogP contribution in [-0.4, -0.2) is 99.0 Å². The third-order valence-corrected chi connectivity index (χ3v) is 4.64. The van der Waals surface area contributed by atoms with Crippen molar-refractivity contribution in [2.45, 2.75) is 69.0 Å². The van der Waals surface area contributed by atoms with Crippen molar-refractivity contribution in [3.8, 4) is 0 Å². The molecule has 0 aromatic carbocycles. The van der Waals surface area contributed by atoms with E-state index in [0.29, 0.717) is 0 Å². The molecule has 0 aliphatic carbocycles. The van der Waals surface area contributed by atoms with Crippen molar-refractivity contribution >= 4 is 0 Å². The standard InChI is InChI=1S/C14H26O9/c1-5-7(3-15)22-14(12(20)9(5)17)23-13-8(4-16)21-6(2)10(18)11(13)19/h5-20H,3-4H2,1-2H3/t5-,6+,7?,8?,9+,10?,11?,12?,13-,14+/m1/s1. The minimum Gasteiger partial charge on any atom is -0.394 e. The van der Waals surface area contributed by atoms with Crippen molar-refractivity contribution in [1.29, 1.82) is 0 Å². The maximum absolute atomic E-state index is 10.2. The lowest BCUT2D eigenvalue weighted by Crippen LogP contribution is -2.62. The Kier molecular flexibility index (Phi) is 6.34. The highest BCUT2D eigenvalue weighted by atomic mass is 16.7. The topological polar surface area (TPSA) is 149 Å². The van der Waals surface area contributed by atoms with Gasteiger partial charge < -0.3 is 44.8 Å². The van der Waals surface area contributed by atoms with E-state index in [1.165, 1.54) is 0 Å². The summed E-state index contributed by atoms with van der Waals surface area (Å²) in [5, 5.41) is 58.8. The quantitative estimate of drug-likeness (QED) is 0.314. The molecule has 2 aliphatic heterocycles. The zero-order valence-electron chi connectivity index (χ0n) is 13.1. The van der Waals surface area contributed by atoms with E-state index in [-0.39, 0.29) is 6.61 Å². The van der Waals surface area contributed by atoms with Gasteiger partial charge in [-0.15, -0.1) is 0 Å². The second kappa shape index (κ2) is 7.68. The van der Waals surface area contributed by atoms with Crippen LogP contribution in [-0.2, 0) is 14.2 Å². The first-order chi connectivity index (χ1) is 10.8. The molecule has 9 nitrogen and oxygen atoms in total. The van der Waals surface area contributed by atoms with E-state index >= 15 is 0 Å². The van der Waals surface area contributed by atoms with E-state index in [4.69, 9.17) is 14.2 Å². The highest BCUT2D eigenvalue weighted by Crippen LogP contribution is 2.30. The summed E-state index contributed by atoms with van der Waals surface area (Å²) < 4.78 is 16.3. The van der Waals surface area contributed by atoms with Gasteiger partial charge in [0.15, 0.2) is 6.29 Å². The second-order valence-corrected chi connectivity index (χ2v) is 6.21. The lowest BCUT2D eigenvalue weighted by atomic mass is 9.90. The number of ether oxygens (including phenoxy) is 3. The maximum atomic E-state index is 10.2. The van der Waals surface area contributed by atoms with E-state index in [9.17, 15) is 30.6 Å². The minimum absolute atomic E-state index is 0.377. The number of hydrogen-bond acceptors (Lipinski definition) is 9. The molecule has 9 heteroatoms. The molecule has 2 aliphatic rings. The molecule has 0 aromatic rings. The Balaban J connectivity index is 2.11. The maximum Gasteiger partial charge on any atom is 0.187 e. The molecule has 2 saturated heterocycles. The van der Waals surface area contributed by atoms with Crippen molar-refractivity contribution < 1.29 is 44.8 Å². The van der Waals surface area contributed by atoms with Gasteiger partial charge in [0.05, 0.1) is 31.5 Å². The van der Waals surface area contributed by atoms with Crippen LogP contribution in [0.5, 0.6) is 0 Å². The summed E-state index contributed by atoms with van der Waals surface area (Å²) in [5.41, 5.74) is 0. The largest absolute Gasteiger partial charge is 0.394 e. The van der Waals surface area contributed by atoms with Crippen LogP contribution < -0.4 is 0 Å². The smallest absolute Gasteiger partial charge is 0.187 e. The number of aliphatic hydroxyl groups is 6. The molecule has 5 unspecified atom stereocenters. The van der Waals surface area contributed by atoms with Crippen molar-refractivity contribution in [2.75, 3.05) is 13.2 Å². The highest BCUT2D eigenvalue weighted by molar-refractivity contribution is 4.93. The summed E-state index contributed by atoms with van der Waals surface area (Å²) in [5.74, 6) is -0.512. The summed E-state index contributed by atoms with van der Waals surface area (Å²) in [7, 11) is 0. The van der Waals surface area contributed by atoms with Gasteiger partial charge in [0.25, 0.3) is 0 Å². The predicted molar refractivity (Wildman–Crippen MR) is 75.2 cm³/mol. The second-order valence-electron chi connectivity index (χ2n) is 6.21. The number of aliphatic hydroxyl groups excluding tert-OH is 6. The molecule has 23 heavy (non-hydrogen) atoms. The zero-order valence-corrected chi connectivity index (χ0v) is 13.1. The third-order valence-electron chi connectivity index (χ3n) is 4.64. The van der Waals surface area contributed by atoms with Gasteiger partial charge in [0.1, 0.15) is 30.5 Å². The molecule has 10 atom stereocenters. The third kappa shape index (κ3) is 3.68. The van der Waals surface area contributed by atoms with Gasteiger partial charge in [-0.05, 0) is 6.92 Å². The Bertz CT molecular complexity index is 377. The van der Waals surface area contributed by atoms with Crippen molar-refractivity contribution in [3.05, 3.63) is 0 Å². The molecule has 136 valence electrons. The van der Waals surface area contributed by atoms with Crippen LogP contribution in [0.25, 0.3) is 0 Å². The first kappa shape index (κ1) is 19.0. The molecule has 0 aromatic heterocycles. The average Bonchev–Trinajstić information content (AvgIpc) is 2.55. The SMILES string of the molecule is C[C@@H]1OC(CO)[C@@H](O[C@@H]2OC(CO)[C@@H](C)[C@H](O)C2O)C(O)C1O. The van der Waals surface area contributed by atoms with Crippen molar-refractivity contribution in [3.63, 3.8) is 0 Å². The number of hydrogen-bond donors (Lipinski definition) is 6. The number of rotatable bonds is 4.